The van der Waals surface area contributed by atoms with Gasteiger partial charge in [-0.05, 0) is 6.92 Å². The van der Waals surface area contributed by atoms with Crippen molar-refractivity contribution >= 4 is 5.78 Å². The van der Waals surface area contributed by atoms with E-state index in [1.165, 1.54) is 6.92 Å². The molecule has 0 rings (SSSR count). The summed E-state index contributed by atoms with van der Waals surface area (Å²) >= 11 is 0. The number of nitrogens with two attached hydrogens (primary N) is 1. The first-order valence-electron chi connectivity index (χ1n) is 2.31. The second-order valence-electron chi connectivity index (χ2n) is 1.58. The van der Waals surface area contributed by atoms with Gasteiger partial charge in [-0.1, -0.05) is 0 Å². The SMILES string of the molecule is CC(=O)[C@@H](N)CC#N. The molecule has 0 saturated carbocycles. The summed E-state index contributed by atoms with van der Waals surface area (Å²) in [7, 11) is 0. The first-order valence-corrected chi connectivity index (χ1v) is 2.31. The molecule has 2 N–H and O–H groups in total. The lowest BCUT2D eigenvalue weighted by Crippen LogP contribution is -2.27. The number of hydrogen-bond acceptors (Lipinski definition) is 3. The Hall–Kier alpha value is -0.880. The Morgan fingerprint density at radius 1 is 2.00 bits per heavy atom. The van der Waals surface area contributed by atoms with E-state index < -0.39 is 6.04 Å². The zero-order chi connectivity index (χ0) is 6.57. The van der Waals surface area contributed by atoms with Crippen LogP contribution in [-0.4, -0.2) is 11.8 Å². The molecule has 0 heterocycles. The maximum Gasteiger partial charge on any atom is 0.147 e. The van der Waals surface area contributed by atoms with Gasteiger partial charge in [0.1, 0.15) is 5.78 Å². The van der Waals surface area contributed by atoms with Crippen molar-refractivity contribution in [1.29, 1.82) is 5.26 Å². The maximum absolute atomic E-state index is 10.3. The number of carbonyl (C=O) groups is 1. The Morgan fingerprint density at radius 3 is 2.62 bits per heavy atom. The second kappa shape index (κ2) is 3.16. The molecule has 0 aliphatic rings. The summed E-state index contributed by atoms with van der Waals surface area (Å²) in [5.74, 6) is -0.133. The quantitative estimate of drug-likeness (QED) is 0.538. The van der Waals surface area contributed by atoms with Crippen molar-refractivity contribution in [3.63, 3.8) is 0 Å². The van der Waals surface area contributed by atoms with E-state index in [-0.39, 0.29) is 12.2 Å². The van der Waals surface area contributed by atoms with Gasteiger partial charge in [-0.3, -0.25) is 4.79 Å². The normalized spacial score (nSPS) is 12.1. The molecule has 0 fully saturated rings. The zero-order valence-electron chi connectivity index (χ0n) is 4.72. The predicted octanol–water partition coefficient (Wildman–Crippen LogP) is -0.184. The van der Waals surface area contributed by atoms with E-state index in [9.17, 15) is 4.79 Å². The van der Waals surface area contributed by atoms with Crippen LogP contribution < -0.4 is 5.73 Å². The molecule has 0 aromatic carbocycles. The molecular weight excluding hydrogens is 104 g/mol. The standard InChI is InChI=1S/C5H8N2O/c1-4(8)5(7)2-3-6/h5H,2,7H2,1H3/t5-/m0/s1. The van der Waals surface area contributed by atoms with Gasteiger partial charge in [-0.25, -0.2) is 0 Å². The molecule has 0 spiro atoms. The van der Waals surface area contributed by atoms with Gasteiger partial charge >= 0.3 is 0 Å². The first kappa shape index (κ1) is 7.12. The number of nitriles is 1. The molecule has 3 nitrogen and oxygen atoms in total. The van der Waals surface area contributed by atoms with E-state index in [4.69, 9.17) is 11.0 Å². The predicted molar refractivity (Wildman–Crippen MR) is 28.9 cm³/mol. The molecule has 3 heteroatoms. The van der Waals surface area contributed by atoms with Crippen LogP contribution in [0.2, 0.25) is 0 Å². The van der Waals surface area contributed by atoms with Crippen LogP contribution in [0.25, 0.3) is 0 Å². The fourth-order valence-corrected chi connectivity index (χ4v) is 0.242. The summed E-state index contributed by atoms with van der Waals surface area (Å²) in [5, 5.41) is 8.00. The Balaban J connectivity index is 3.52. The maximum atomic E-state index is 10.3. The number of ketones is 1. The van der Waals surface area contributed by atoms with Crippen molar-refractivity contribution in [1.82, 2.24) is 0 Å². The minimum Gasteiger partial charge on any atom is -0.321 e. The van der Waals surface area contributed by atoms with E-state index in [0.717, 1.165) is 0 Å². The van der Waals surface area contributed by atoms with Crippen LogP contribution in [0.3, 0.4) is 0 Å². The van der Waals surface area contributed by atoms with E-state index in [0.29, 0.717) is 0 Å². The lowest BCUT2D eigenvalue weighted by atomic mass is 10.2. The van der Waals surface area contributed by atoms with Gasteiger partial charge in [-0.15, -0.1) is 0 Å². The van der Waals surface area contributed by atoms with Gasteiger partial charge in [0, 0.05) is 0 Å². The number of hydrogen-bond donors (Lipinski definition) is 1. The molecule has 0 saturated heterocycles. The highest BCUT2D eigenvalue weighted by Crippen LogP contribution is 1.84. The number of carbonyl (C=O) groups excluding carboxylic acids is 1. The summed E-state index contributed by atoms with van der Waals surface area (Å²) in [5.41, 5.74) is 5.15. The van der Waals surface area contributed by atoms with Crippen molar-refractivity contribution in [3.8, 4) is 6.07 Å². The van der Waals surface area contributed by atoms with Crippen LogP contribution in [0.4, 0.5) is 0 Å². The van der Waals surface area contributed by atoms with E-state index in [1.54, 1.807) is 6.07 Å². The molecule has 0 aliphatic carbocycles. The number of Topliss-reactive ketones (excluding diaryl/α,β-unsaturated/α-hetero) is 1. The second-order valence-corrected chi connectivity index (χ2v) is 1.58. The molecule has 0 amide bonds. The van der Waals surface area contributed by atoms with Crippen LogP contribution in [0.15, 0.2) is 0 Å². The van der Waals surface area contributed by atoms with Crippen molar-refractivity contribution in [2.75, 3.05) is 0 Å². The number of rotatable bonds is 2. The van der Waals surface area contributed by atoms with Crippen molar-refractivity contribution in [2.45, 2.75) is 19.4 Å². The molecule has 0 aromatic rings. The monoisotopic (exact) mass is 112 g/mol. The van der Waals surface area contributed by atoms with Crippen molar-refractivity contribution in [2.24, 2.45) is 5.73 Å². The molecular formula is C5H8N2O. The highest BCUT2D eigenvalue weighted by molar-refractivity contribution is 5.81. The minimum atomic E-state index is -0.583. The molecule has 0 aromatic heterocycles. The summed E-state index contributed by atoms with van der Waals surface area (Å²) in [6.45, 7) is 1.38. The van der Waals surface area contributed by atoms with Gasteiger partial charge in [0.15, 0.2) is 0 Å². The number of nitrogens with zero attached hydrogens (tertiary/aromatic N) is 1. The van der Waals surface area contributed by atoms with Gasteiger partial charge in [0.2, 0.25) is 0 Å². The smallest absolute Gasteiger partial charge is 0.147 e. The Kier molecular flexibility index (Phi) is 2.82. The largest absolute Gasteiger partial charge is 0.321 e. The highest BCUT2D eigenvalue weighted by Gasteiger charge is 2.04. The van der Waals surface area contributed by atoms with Crippen molar-refractivity contribution < 1.29 is 4.79 Å². The third-order valence-corrected chi connectivity index (χ3v) is 0.833. The van der Waals surface area contributed by atoms with E-state index in [2.05, 4.69) is 0 Å². The van der Waals surface area contributed by atoms with Crippen LogP contribution in [-0.2, 0) is 4.79 Å². The third kappa shape index (κ3) is 2.32. The lowest BCUT2D eigenvalue weighted by molar-refractivity contribution is -0.118. The van der Waals surface area contributed by atoms with Crippen molar-refractivity contribution in [3.05, 3.63) is 0 Å². The average Bonchev–Trinajstić information content (AvgIpc) is 1.67. The van der Waals surface area contributed by atoms with Gasteiger partial charge in [0.25, 0.3) is 0 Å². The zero-order valence-corrected chi connectivity index (χ0v) is 4.72. The van der Waals surface area contributed by atoms with Crippen LogP contribution >= 0.6 is 0 Å². The fourth-order valence-electron chi connectivity index (χ4n) is 0.242. The van der Waals surface area contributed by atoms with Crippen LogP contribution in [0.5, 0.6) is 0 Å². The molecule has 44 valence electrons. The molecule has 8 heavy (non-hydrogen) atoms. The van der Waals surface area contributed by atoms with Crippen LogP contribution in [0.1, 0.15) is 13.3 Å². The topological polar surface area (TPSA) is 66.9 Å². The van der Waals surface area contributed by atoms with Crippen LogP contribution in [0, 0.1) is 11.3 Å². The summed E-state index contributed by atoms with van der Waals surface area (Å²) < 4.78 is 0. The van der Waals surface area contributed by atoms with Gasteiger partial charge < -0.3 is 5.73 Å². The summed E-state index contributed by atoms with van der Waals surface area (Å²) in [6.07, 6.45) is 0.120. The fraction of sp³-hybridized carbons (Fsp3) is 0.600. The lowest BCUT2D eigenvalue weighted by Gasteiger charge is -1.97. The molecule has 0 radical (unpaired) electrons. The summed E-state index contributed by atoms with van der Waals surface area (Å²) in [6, 6.07) is 1.22. The minimum absolute atomic E-state index is 0.120. The Labute approximate surface area is 48.1 Å². The molecule has 0 unspecified atom stereocenters. The molecule has 1 atom stereocenters. The molecule has 0 aliphatic heterocycles. The van der Waals surface area contributed by atoms with E-state index >= 15 is 0 Å². The Bertz CT molecular complexity index is 125. The van der Waals surface area contributed by atoms with Gasteiger partial charge in [-0.2, -0.15) is 5.26 Å². The van der Waals surface area contributed by atoms with E-state index in [1.807, 2.05) is 0 Å². The Morgan fingerprint density at radius 2 is 2.50 bits per heavy atom. The summed E-state index contributed by atoms with van der Waals surface area (Å²) in [4.78, 5) is 10.3. The third-order valence-electron chi connectivity index (χ3n) is 0.833. The highest BCUT2D eigenvalue weighted by atomic mass is 16.1. The van der Waals surface area contributed by atoms with Gasteiger partial charge in [0.05, 0.1) is 18.5 Å². The molecule has 0 bridgehead atoms. The first-order chi connectivity index (χ1) is 3.68. The average molecular weight is 112 g/mol.